The second-order valence-corrected chi connectivity index (χ2v) is 3.00. The summed E-state index contributed by atoms with van der Waals surface area (Å²) in [6.07, 6.45) is 0.0687. The zero-order valence-corrected chi connectivity index (χ0v) is 8.35. The number of amides is 1. The van der Waals surface area contributed by atoms with Gasteiger partial charge < -0.3 is 5.32 Å². The lowest BCUT2D eigenvalue weighted by Crippen LogP contribution is -2.44. The minimum atomic E-state index is -0.0807. The first kappa shape index (κ1) is 11.2. The van der Waals surface area contributed by atoms with E-state index in [9.17, 15) is 4.79 Å². The first-order valence-corrected chi connectivity index (χ1v) is 4.15. The van der Waals surface area contributed by atoms with E-state index in [2.05, 4.69) is 11.9 Å². The van der Waals surface area contributed by atoms with Gasteiger partial charge in [0, 0.05) is 5.57 Å². The number of nitrogens with zero attached hydrogens (tertiary/aromatic N) is 1. The highest BCUT2D eigenvalue weighted by Gasteiger charge is 2.09. The molecule has 1 unspecified atom stereocenters. The maximum Gasteiger partial charge on any atom is 0.247 e. The van der Waals surface area contributed by atoms with E-state index in [1.165, 1.54) is 0 Å². The highest BCUT2D eigenvalue weighted by Crippen LogP contribution is 1.93. The van der Waals surface area contributed by atoms with Crippen LogP contribution in [0.3, 0.4) is 0 Å². The summed E-state index contributed by atoms with van der Waals surface area (Å²) in [5.74, 6) is -0.0807. The summed E-state index contributed by atoms with van der Waals surface area (Å²) in [6, 6.07) is 0. The molecule has 70 valence electrons. The zero-order chi connectivity index (χ0) is 9.72. The van der Waals surface area contributed by atoms with E-state index in [0.717, 1.165) is 6.54 Å². The van der Waals surface area contributed by atoms with Gasteiger partial charge in [-0.15, -0.1) is 0 Å². The van der Waals surface area contributed by atoms with E-state index < -0.39 is 0 Å². The van der Waals surface area contributed by atoms with Crippen LogP contribution in [0.25, 0.3) is 0 Å². The van der Waals surface area contributed by atoms with Crippen molar-refractivity contribution in [2.24, 2.45) is 0 Å². The molecule has 0 rings (SSSR count). The van der Waals surface area contributed by atoms with Crippen LogP contribution in [0, 0.1) is 0 Å². The Morgan fingerprint density at radius 2 is 2.17 bits per heavy atom. The molecule has 0 aromatic carbocycles. The average molecular weight is 170 g/mol. The van der Waals surface area contributed by atoms with Gasteiger partial charge in [-0.2, -0.15) is 0 Å². The first-order chi connectivity index (χ1) is 5.49. The normalized spacial score (nSPS) is 12.8. The molecule has 0 saturated carbocycles. The largest absolute Gasteiger partial charge is 0.337 e. The van der Waals surface area contributed by atoms with Crippen molar-refractivity contribution in [2.45, 2.75) is 26.9 Å². The van der Waals surface area contributed by atoms with Crippen molar-refractivity contribution in [3.8, 4) is 0 Å². The summed E-state index contributed by atoms with van der Waals surface area (Å²) >= 11 is 0. The van der Waals surface area contributed by atoms with Crippen molar-refractivity contribution in [3.05, 3.63) is 12.2 Å². The Morgan fingerprint density at radius 3 is 2.50 bits per heavy atom. The fourth-order valence-electron chi connectivity index (χ4n) is 0.697. The van der Waals surface area contributed by atoms with Crippen LogP contribution in [0.15, 0.2) is 12.2 Å². The predicted molar refractivity (Wildman–Crippen MR) is 50.7 cm³/mol. The smallest absolute Gasteiger partial charge is 0.247 e. The number of hydrogen-bond acceptors (Lipinski definition) is 2. The average Bonchev–Trinajstić information content (AvgIpc) is 2.02. The van der Waals surface area contributed by atoms with Crippen molar-refractivity contribution < 1.29 is 4.79 Å². The number of rotatable bonds is 4. The van der Waals surface area contributed by atoms with Crippen LogP contribution in [0.2, 0.25) is 0 Å². The fourth-order valence-corrected chi connectivity index (χ4v) is 0.697. The van der Waals surface area contributed by atoms with Crippen LogP contribution in [0.4, 0.5) is 0 Å². The molecule has 0 fully saturated rings. The van der Waals surface area contributed by atoms with Gasteiger partial charge in [0.25, 0.3) is 0 Å². The van der Waals surface area contributed by atoms with Gasteiger partial charge in [0.05, 0.1) is 6.17 Å². The molecule has 1 atom stereocenters. The SMILES string of the molecule is C=C(C)C(=O)NC(C)N(C)CC. The fraction of sp³-hybridized carbons (Fsp3) is 0.667. The van der Waals surface area contributed by atoms with Gasteiger partial charge in [0.2, 0.25) is 5.91 Å². The molecule has 0 aromatic heterocycles. The molecule has 0 heterocycles. The second-order valence-electron chi connectivity index (χ2n) is 3.00. The molecule has 3 heteroatoms. The lowest BCUT2D eigenvalue weighted by atomic mass is 10.3. The summed E-state index contributed by atoms with van der Waals surface area (Å²) in [5, 5.41) is 2.82. The van der Waals surface area contributed by atoms with Crippen LogP contribution in [-0.2, 0) is 4.79 Å². The van der Waals surface area contributed by atoms with Crippen LogP contribution < -0.4 is 5.32 Å². The highest BCUT2D eigenvalue weighted by molar-refractivity contribution is 5.92. The van der Waals surface area contributed by atoms with Crippen molar-refractivity contribution in [1.29, 1.82) is 0 Å². The molecular formula is C9H18N2O. The van der Waals surface area contributed by atoms with Crippen molar-refractivity contribution in [2.75, 3.05) is 13.6 Å². The predicted octanol–water partition coefficient (Wildman–Crippen LogP) is 0.976. The van der Waals surface area contributed by atoms with E-state index in [4.69, 9.17) is 0 Å². The minimum Gasteiger partial charge on any atom is -0.337 e. The van der Waals surface area contributed by atoms with Gasteiger partial charge in [-0.05, 0) is 27.4 Å². The Labute approximate surface area is 74.4 Å². The lowest BCUT2D eigenvalue weighted by molar-refractivity contribution is -0.119. The Bertz CT molecular complexity index is 177. The summed E-state index contributed by atoms with van der Waals surface area (Å²) in [4.78, 5) is 13.2. The topological polar surface area (TPSA) is 32.3 Å². The minimum absolute atomic E-state index is 0.0687. The lowest BCUT2D eigenvalue weighted by Gasteiger charge is -2.23. The monoisotopic (exact) mass is 170 g/mol. The third-order valence-corrected chi connectivity index (χ3v) is 1.89. The molecule has 0 radical (unpaired) electrons. The van der Waals surface area contributed by atoms with Crippen molar-refractivity contribution >= 4 is 5.91 Å². The molecular weight excluding hydrogens is 152 g/mol. The molecule has 0 spiro atoms. The van der Waals surface area contributed by atoms with Crippen LogP contribution >= 0.6 is 0 Å². The molecule has 0 saturated heterocycles. The Balaban J connectivity index is 3.92. The standard InChI is InChI=1S/C9H18N2O/c1-6-11(5)8(4)10-9(12)7(2)3/h8H,2,6H2,1,3-5H3,(H,10,12). The van der Waals surface area contributed by atoms with Crippen molar-refractivity contribution in [1.82, 2.24) is 10.2 Å². The quantitative estimate of drug-likeness (QED) is 0.504. The van der Waals surface area contributed by atoms with Gasteiger partial charge in [0.1, 0.15) is 0 Å². The molecule has 3 nitrogen and oxygen atoms in total. The van der Waals surface area contributed by atoms with Gasteiger partial charge in [0.15, 0.2) is 0 Å². The summed E-state index contributed by atoms with van der Waals surface area (Å²) in [5.41, 5.74) is 0.548. The van der Waals surface area contributed by atoms with Crippen molar-refractivity contribution in [3.63, 3.8) is 0 Å². The van der Waals surface area contributed by atoms with E-state index in [-0.39, 0.29) is 12.1 Å². The highest BCUT2D eigenvalue weighted by atomic mass is 16.1. The molecule has 1 N–H and O–H groups in total. The van der Waals surface area contributed by atoms with E-state index in [1.807, 2.05) is 25.8 Å². The number of nitrogens with one attached hydrogen (secondary N) is 1. The van der Waals surface area contributed by atoms with E-state index in [1.54, 1.807) is 6.92 Å². The van der Waals surface area contributed by atoms with Gasteiger partial charge >= 0.3 is 0 Å². The molecule has 0 bridgehead atoms. The van der Waals surface area contributed by atoms with Gasteiger partial charge in [-0.3, -0.25) is 9.69 Å². The Morgan fingerprint density at radius 1 is 1.67 bits per heavy atom. The number of hydrogen-bond donors (Lipinski definition) is 1. The molecule has 0 aliphatic rings. The van der Waals surface area contributed by atoms with Gasteiger partial charge in [-0.25, -0.2) is 0 Å². The molecule has 0 aromatic rings. The second kappa shape index (κ2) is 4.93. The summed E-state index contributed by atoms with van der Waals surface area (Å²) in [6.45, 7) is 10.2. The Hall–Kier alpha value is -0.830. The number of carbonyl (C=O) groups is 1. The Kier molecular flexibility index (Phi) is 4.59. The number of carbonyl (C=O) groups excluding carboxylic acids is 1. The molecule has 0 aliphatic heterocycles. The maximum absolute atomic E-state index is 11.1. The van der Waals surface area contributed by atoms with Gasteiger partial charge in [-0.1, -0.05) is 13.5 Å². The molecule has 1 amide bonds. The third kappa shape index (κ3) is 3.53. The zero-order valence-electron chi connectivity index (χ0n) is 8.35. The van der Waals surface area contributed by atoms with Crippen LogP contribution in [-0.4, -0.2) is 30.6 Å². The first-order valence-electron chi connectivity index (χ1n) is 4.15. The summed E-state index contributed by atoms with van der Waals surface area (Å²) in [7, 11) is 1.96. The molecule has 12 heavy (non-hydrogen) atoms. The van der Waals surface area contributed by atoms with Crippen LogP contribution in [0.5, 0.6) is 0 Å². The summed E-state index contributed by atoms with van der Waals surface area (Å²) < 4.78 is 0. The van der Waals surface area contributed by atoms with Crippen LogP contribution in [0.1, 0.15) is 20.8 Å². The third-order valence-electron chi connectivity index (χ3n) is 1.89. The van der Waals surface area contributed by atoms with E-state index >= 15 is 0 Å². The molecule has 0 aliphatic carbocycles. The van der Waals surface area contributed by atoms with E-state index in [0.29, 0.717) is 5.57 Å². The maximum atomic E-state index is 11.1.